The molecule has 0 saturated carbocycles. The van der Waals surface area contributed by atoms with E-state index >= 15 is 0 Å². The van der Waals surface area contributed by atoms with Crippen LogP contribution < -0.4 is 0 Å². The minimum Gasteiger partial charge on any atom is -0.396 e. The SMILES string of the molecule is O=C(c1cccc2n[nH]nc12)N1CC[C@@H](c2ccccc2)[C@@H](CO)C1. The number of likely N-dealkylation sites (tertiary alicyclic amines) is 1. The monoisotopic (exact) mass is 336 g/mol. The van der Waals surface area contributed by atoms with E-state index in [0.717, 1.165) is 6.42 Å². The van der Waals surface area contributed by atoms with Gasteiger partial charge < -0.3 is 10.0 Å². The van der Waals surface area contributed by atoms with Crippen molar-refractivity contribution in [3.8, 4) is 0 Å². The number of aliphatic hydroxyl groups excluding tert-OH is 1. The zero-order chi connectivity index (χ0) is 17.2. The summed E-state index contributed by atoms with van der Waals surface area (Å²) < 4.78 is 0. The van der Waals surface area contributed by atoms with Crippen molar-refractivity contribution in [3.63, 3.8) is 0 Å². The molecule has 25 heavy (non-hydrogen) atoms. The number of amides is 1. The zero-order valence-electron chi connectivity index (χ0n) is 13.8. The molecule has 0 bridgehead atoms. The van der Waals surface area contributed by atoms with Gasteiger partial charge in [-0.05, 0) is 30.0 Å². The summed E-state index contributed by atoms with van der Waals surface area (Å²) >= 11 is 0. The number of piperidine rings is 1. The smallest absolute Gasteiger partial charge is 0.256 e. The van der Waals surface area contributed by atoms with Crippen molar-refractivity contribution in [1.82, 2.24) is 20.3 Å². The summed E-state index contributed by atoms with van der Waals surface area (Å²) in [5, 5.41) is 20.6. The highest BCUT2D eigenvalue weighted by Crippen LogP contribution is 2.33. The lowest BCUT2D eigenvalue weighted by atomic mass is 9.80. The Morgan fingerprint density at radius 2 is 2.00 bits per heavy atom. The molecule has 6 nitrogen and oxygen atoms in total. The van der Waals surface area contributed by atoms with Gasteiger partial charge in [-0.1, -0.05) is 36.4 Å². The number of nitrogens with zero attached hydrogens (tertiary/aromatic N) is 3. The molecule has 1 aliphatic heterocycles. The number of carbonyl (C=O) groups is 1. The van der Waals surface area contributed by atoms with Crippen LogP contribution in [0.15, 0.2) is 48.5 Å². The molecule has 4 rings (SSSR count). The number of aromatic nitrogens is 3. The molecular formula is C19H20N4O2. The van der Waals surface area contributed by atoms with Gasteiger partial charge >= 0.3 is 0 Å². The van der Waals surface area contributed by atoms with Crippen molar-refractivity contribution < 1.29 is 9.90 Å². The molecule has 2 atom stereocenters. The molecule has 1 fully saturated rings. The van der Waals surface area contributed by atoms with Crippen molar-refractivity contribution in [2.75, 3.05) is 19.7 Å². The van der Waals surface area contributed by atoms with Crippen LogP contribution in [0.25, 0.3) is 11.0 Å². The summed E-state index contributed by atoms with van der Waals surface area (Å²) in [6, 6.07) is 15.7. The predicted molar refractivity (Wildman–Crippen MR) is 94.2 cm³/mol. The molecule has 6 heteroatoms. The molecule has 1 saturated heterocycles. The van der Waals surface area contributed by atoms with Crippen LogP contribution in [0.1, 0.15) is 28.3 Å². The Morgan fingerprint density at radius 3 is 2.80 bits per heavy atom. The Morgan fingerprint density at radius 1 is 1.16 bits per heavy atom. The summed E-state index contributed by atoms with van der Waals surface area (Å²) in [5.41, 5.74) is 3.07. The van der Waals surface area contributed by atoms with Crippen LogP contribution in [0.3, 0.4) is 0 Å². The molecule has 0 unspecified atom stereocenters. The van der Waals surface area contributed by atoms with E-state index in [1.165, 1.54) is 5.56 Å². The van der Waals surface area contributed by atoms with Crippen LogP contribution in [0.4, 0.5) is 0 Å². The van der Waals surface area contributed by atoms with E-state index in [-0.39, 0.29) is 24.3 Å². The minimum atomic E-state index is -0.0514. The van der Waals surface area contributed by atoms with Gasteiger partial charge in [0, 0.05) is 25.6 Å². The molecule has 0 radical (unpaired) electrons. The first-order chi connectivity index (χ1) is 12.3. The number of aromatic amines is 1. The van der Waals surface area contributed by atoms with E-state index in [2.05, 4.69) is 27.5 Å². The number of aliphatic hydroxyl groups is 1. The average molecular weight is 336 g/mol. The topological polar surface area (TPSA) is 82.1 Å². The Hall–Kier alpha value is -2.73. The van der Waals surface area contributed by atoms with E-state index in [4.69, 9.17) is 0 Å². The lowest BCUT2D eigenvalue weighted by molar-refractivity contribution is 0.0579. The number of fused-ring (bicyclic) bond motifs is 1. The summed E-state index contributed by atoms with van der Waals surface area (Å²) in [7, 11) is 0. The van der Waals surface area contributed by atoms with Gasteiger partial charge in [-0.2, -0.15) is 15.4 Å². The maximum atomic E-state index is 13.0. The summed E-state index contributed by atoms with van der Waals surface area (Å²) in [5.74, 6) is 0.263. The second-order valence-corrected chi connectivity index (χ2v) is 6.50. The predicted octanol–water partition coefficient (Wildman–Crippen LogP) is 2.20. The molecule has 128 valence electrons. The molecule has 2 N–H and O–H groups in total. The van der Waals surface area contributed by atoms with E-state index in [9.17, 15) is 9.90 Å². The third-order valence-corrected chi connectivity index (χ3v) is 5.06. The fourth-order valence-electron chi connectivity index (χ4n) is 3.75. The number of hydrogen-bond donors (Lipinski definition) is 2. The van der Waals surface area contributed by atoms with E-state index in [0.29, 0.717) is 29.7 Å². The van der Waals surface area contributed by atoms with E-state index in [1.54, 1.807) is 6.07 Å². The molecule has 0 spiro atoms. The number of nitrogens with one attached hydrogen (secondary N) is 1. The number of H-pyrrole nitrogens is 1. The molecule has 2 heterocycles. The molecule has 3 aromatic rings. The molecule has 1 aliphatic rings. The van der Waals surface area contributed by atoms with E-state index < -0.39 is 0 Å². The van der Waals surface area contributed by atoms with Gasteiger partial charge in [-0.3, -0.25) is 4.79 Å². The second-order valence-electron chi connectivity index (χ2n) is 6.50. The van der Waals surface area contributed by atoms with Crippen LogP contribution in [-0.2, 0) is 0 Å². The van der Waals surface area contributed by atoms with Crippen LogP contribution in [0.5, 0.6) is 0 Å². The van der Waals surface area contributed by atoms with Crippen LogP contribution in [0.2, 0.25) is 0 Å². The summed E-state index contributed by atoms with van der Waals surface area (Å²) in [6.45, 7) is 1.28. The van der Waals surface area contributed by atoms with Crippen LogP contribution >= 0.6 is 0 Å². The number of carbonyl (C=O) groups excluding carboxylic acids is 1. The number of benzene rings is 2. The quantitative estimate of drug-likeness (QED) is 0.768. The maximum Gasteiger partial charge on any atom is 0.256 e. The van der Waals surface area contributed by atoms with Crippen molar-refractivity contribution in [2.24, 2.45) is 5.92 Å². The van der Waals surface area contributed by atoms with Gasteiger partial charge in [0.1, 0.15) is 11.0 Å². The van der Waals surface area contributed by atoms with Crippen LogP contribution in [0, 0.1) is 5.92 Å². The first-order valence-electron chi connectivity index (χ1n) is 8.52. The number of para-hydroxylation sites is 1. The second kappa shape index (κ2) is 6.64. The minimum absolute atomic E-state index is 0.0385. The Balaban J connectivity index is 1.57. The summed E-state index contributed by atoms with van der Waals surface area (Å²) in [6.07, 6.45) is 0.843. The van der Waals surface area contributed by atoms with Crippen molar-refractivity contribution in [3.05, 3.63) is 59.7 Å². The molecule has 1 aromatic heterocycles. The standard InChI is InChI=1S/C19H20N4O2/c24-12-14-11-23(10-9-15(14)13-5-2-1-3-6-13)19(25)16-7-4-8-17-18(16)21-22-20-17/h1-8,14-15,24H,9-12H2,(H,20,21,22)/t14-,15+/m1/s1. The lowest BCUT2D eigenvalue weighted by Crippen LogP contribution is -2.44. The normalized spacial score (nSPS) is 20.8. The fraction of sp³-hybridized carbons (Fsp3) is 0.316. The molecule has 0 aliphatic carbocycles. The Kier molecular flexibility index (Phi) is 4.19. The largest absolute Gasteiger partial charge is 0.396 e. The van der Waals surface area contributed by atoms with Gasteiger partial charge in [0.15, 0.2) is 0 Å². The van der Waals surface area contributed by atoms with Gasteiger partial charge in [-0.25, -0.2) is 0 Å². The number of rotatable bonds is 3. The first kappa shape index (κ1) is 15.8. The highest BCUT2D eigenvalue weighted by molar-refractivity contribution is 6.04. The van der Waals surface area contributed by atoms with Crippen molar-refractivity contribution in [1.29, 1.82) is 0 Å². The first-order valence-corrected chi connectivity index (χ1v) is 8.52. The zero-order valence-corrected chi connectivity index (χ0v) is 13.8. The van der Waals surface area contributed by atoms with Crippen LogP contribution in [-0.4, -0.2) is 51.0 Å². The highest BCUT2D eigenvalue weighted by Gasteiger charge is 2.33. The van der Waals surface area contributed by atoms with Gasteiger partial charge in [0.05, 0.1) is 5.56 Å². The lowest BCUT2D eigenvalue weighted by Gasteiger charge is -2.38. The Bertz CT molecular complexity index is 877. The maximum absolute atomic E-state index is 13.0. The van der Waals surface area contributed by atoms with Gasteiger partial charge in [0.25, 0.3) is 5.91 Å². The third kappa shape index (κ3) is 2.89. The van der Waals surface area contributed by atoms with E-state index in [1.807, 2.05) is 35.2 Å². The van der Waals surface area contributed by atoms with Gasteiger partial charge in [-0.15, -0.1) is 0 Å². The summed E-state index contributed by atoms with van der Waals surface area (Å²) in [4.78, 5) is 14.8. The van der Waals surface area contributed by atoms with Crippen molar-refractivity contribution >= 4 is 16.9 Å². The van der Waals surface area contributed by atoms with Gasteiger partial charge in [0.2, 0.25) is 0 Å². The highest BCUT2D eigenvalue weighted by atomic mass is 16.3. The number of hydrogen-bond acceptors (Lipinski definition) is 4. The average Bonchev–Trinajstić information content (AvgIpc) is 3.16. The molecular weight excluding hydrogens is 316 g/mol. The van der Waals surface area contributed by atoms with Crippen molar-refractivity contribution in [2.45, 2.75) is 12.3 Å². The Labute approximate surface area is 145 Å². The molecule has 1 amide bonds. The fourth-order valence-corrected chi connectivity index (χ4v) is 3.75. The third-order valence-electron chi connectivity index (χ3n) is 5.06. The molecule has 2 aromatic carbocycles.